The zero-order valence-corrected chi connectivity index (χ0v) is 7.91. The van der Waals surface area contributed by atoms with Crippen LogP contribution in [0.5, 0.6) is 0 Å². The molecule has 0 N–H and O–H groups in total. The minimum Gasteiger partial charge on any atom is -0.278 e. The first-order chi connectivity index (χ1) is 4.65. The van der Waals surface area contributed by atoms with E-state index >= 15 is 0 Å². The van der Waals surface area contributed by atoms with E-state index in [9.17, 15) is 13.6 Å². The quantitative estimate of drug-likeness (QED) is 0.552. The monoisotopic (exact) mass is 244 g/mol. The lowest BCUT2D eigenvalue weighted by molar-refractivity contribution is -0.113. The molecule has 0 bridgehead atoms. The Bertz CT molecular complexity index is 164. The van der Waals surface area contributed by atoms with Gasteiger partial charge in [-0.05, 0) is 23.2 Å². The van der Waals surface area contributed by atoms with E-state index in [0.717, 1.165) is 0 Å². The van der Waals surface area contributed by atoms with Crippen LogP contribution in [0.25, 0.3) is 0 Å². The summed E-state index contributed by atoms with van der Waals surface area (Å²) in [5, 5.41) is -4.91. The van der Waals surface area contributed by atoms with Gasteiger partial charge in [0.2, 0.25) is 0 Å². The van der Waals surface area contributed by atoms with Gasteiger partial charge in [0.05, 0.1) is 6.42 Å². The van der Waals surface area contributed by atoms with Crippen LogP contribution in [-0.4, -0.2) is 15.0 Å². The van der Waals surface area contributed by atoms with Gasteiger partial charge in [-0.3, -0.25) is 4.79 Å². The normalized spacial score (nSPS) is 13.3. The molecule has 0 heterocycles. The molecule has 7 heteroatoms. The standard InChI is InChI=1S/C4H2Cl4F2O/c5-2(11)3(6,7)1-4(8,9)10/h1H2. The van der Waals surface area contributed by atoms with Gasteiger partial charge in [0.25, 0.3) is 5.24 Å². The molecule has 0 aromatic rings. The van der Waals surface area contributed by atoms with Crippen LogP contribution in [0, 0.1) is 0 Å². The molecule has 0 aliphatic rings. The molecule has 0 aromatic heterocycles. The number of rotatable bonds is 3. The van der Waals surface area contributed by atoms with E-state index < -0.39 is 21.4 Å². The first kappa shape index (κ1) is 11.7. The highest BCUT2D eigenvalue weighted by atomic mass is 35.5. The maximum Gasteiger partial charge on any atom is 0.325 e. The number of hydrogen-bond acceptors (Lipinski definition) is 1. The molecule has 0 aromatic carbocycles. The molecule has 0 fully saturated rings. The van der Waals surface area contributed by atoms with Gasteiger partial charge in [-0.15, -0.1) is 0 Å². The maximum absolute atomic E-state index is 12.0. The molecular weight excluding hydrogens is 244 g/mol. The maximum atomic E-state index is 12.0. The molecule has 0 rings (SSSR count). The first-order valence-electron chi connectivity index (χ1n) is 2.30. The summed E-state index contributed by atoms with van der Waals surface area (Å²) in [5.74, 6) is 0. The van der Waals surface area contributed by atoms with E-state index in [4.69, 9.17) is 34.8 Å². The van der Waals surface area contributed by atoms with E-state index in [1.165, 1.54) is 0 Å². The Morgan fingerprint density at radius 3 is 1.73 bits per heavy atom. The fraction of sp³-hybridized carbons (Fsp3) is 0.750. The van der Waals surface area contributed by atoms with Crippen molar-refractivity contribution in [2.75, 3.05) is 0 Å². The van der Waals surface area contributed by atoms with Crippen molar-refractivity contribution in [3.05, 3.63) is 0 Å². The van der Waals surface area contributed by atoms with Crippen LogP contribution < -0.4 is 0 Å². The van der Waals surface area contributed by atoms with Gasteiger partial charge in [0.15, 0.2) is 4.33 Å². The van der Waals surface area contributed by atoms with Gasteiger partial charge < -0.3 is 0 Å². The molecule has 0 atom stereocenters. The van der Waals surface area contributed by atoms with Crippen molar-refractivity contribution in [3.8, 4) is 0 Å². The van der Waals surface area contributed by atoms with Gasteiger partial charge in [0, 0.05) is 0 Å². The number of hydrogen-bond donors (Lipinski definition) is 0. The van der Waals surface area contributed by atoms with Crippen molar-refractivity contribution in [1.82, 2.24) is 0 Å². The largest absolute Gasteiger partial charge is 0.325 e. The second kappa shape index (κ2) is 3.60. The Labute approximate surface area is 81.5 Å². The molecule has 0 spiro atoms. The fourth-order valence-electron chi connectivity index (χ4n) is 0.321. The van der Waals surface area contributed by atoms with Crippen molar-refractivity contribution in [1.29, 1.82) is 0 Å². The number of alkyl halides is 5. The fourth-order valence-corrected chi connectivity index (χ4v) is 1.06. The average molecular weight is 246 g/mol. The predicted octanol–water partition coefficient (Wildman–Crippen LogP) is 3.15. The highest BCUT2D eigenvalue weighted by Gasteiger charge is 2.43. The van der Waals surface area contributed by atoms with Crippen molar-refractivity contribution >= 4 is 51.6 Å². The van der Waals surface area contributed by atoms with E-state index in [-0.39, 0.29) is 0 Å². The lowest BCUT2D eigenvalue weighted by Gasteiger charge is -2.16. The second-order valence-corrected chi connectivity index (χ2v) is 4.15. The molecule has 0 aliphatic heterocycles. The van der Waals surface area contributed by atoms with Crippen molar-refractivity contribution < 1.29 is 13.6 Å². The second-order valence-electron chi connectivity index (χ2n) is 1.77. The lowest BCUT2D eigenvalue weighted by Crippen LogP contribution is -2.28. The van der Waals surface area contributed by atoms with Gasteiger partial charge >= 0.3 is 5.38 Å². The summed E-state index contributed by atoms with van der Waals surface area (Å²) < 4.78 is 21.6. The number of carbonyl (C=O) groups excluding carboxylic acids is 1. The summed E-state index contributed by atoms with van der Waals surface area (Å²) in [7, 11) is 0. The van der Waals surface area contributed by atoms with Crippen molar-refractivity contribution in [3.63, 3.8) is 0 Å². The summed E-state index contributed by atoms with van der Waals surface area (Å²) in [6.45, 7) is 0. The molecule has 0 aliphatic carbocycles. The molecule has 0 saturated heterocycles. The average Bonchev–Trinajstić information content (AvgIpc) is 1.56. The van der Waals surface area contributed by atoms with Crippen LogP contribution >= 0.6 is 46.4 Å². The summed E-state index contributed by atoms with van der Waals surface area (Å²) in [5.41, 5.74) is 0. The number of halogens is 6. The summed E-state index contributed by atoms with van der Waals surface area (Å²) >= 11 is 19.4. The SMILES string of the molecule is O=C(Cl)C(Cl)(Cl)CC(F)(F)Cl. The lowest BCUT2D eigenvalue weighted by atomic mass is 10.3. The van der Waals surface area contributed by atoms with E-state index in [2.05, 4.69) is 11.6 Å². The Hall–Kier alpha value is 0.690. The Kier molecular flexibility index (Phi) is 3.83. The molecule has 0 amide bonds. The predicted molar refractivity (Wildman–Crippen MR) is 40.7 cm³/mol. The highest BCUT2D eigenvalue weighted by molar-refractivity contribution is 6.78. The van der Waals surface area contributed by atoms with Gasteiger partial charge in [-0.2, -0.15) is 8.78 Å². The third-order valence-electron chi connectivity index (χ3n) is 0.710. The van der Waals surface area contributed by atoms with E-state index in [0.29, 0.717) is 0 Å². The van der Waals surface area contributed by atoms with Crippen LogP contribution in [0.4, 0.5) is 8.78 Å². The minimum atomic E-state index is -3.63. The smallest absolute Gasteiger partial charge is 0.278 e. The Balaban J connectivity index is 4.25. The van der Waals surface area contributed by atoms with Crippen LogP contribution in [0.1, 0.15) is 6.42 Å². The van der Waals surface area contributed by atoms with E-state index in [1.54, 1.807) is 0 Å². The Morgan fingerprint density at radius 2 is 1.64 bits per heavy atom. The zero-order valence-electron chi connectivity index (χ0n) is 4.88. The van der Waals surface area contributed by atoms with Crippen molar-refractivity contribution in [2.24, 2.45) is 0 Å². The van der Waals surface area contributed by atoms with Crippen LogP contribution in [0.3, 0.4) is 0 Å². The summed E-state index contributed by atoms with van der Waals surface area (Å²) in [4.78, 5) is 10.3. The minimum absolute atomic E-state index is 1.22. The topological polar surface area (TPSA) is 17.1 Å². The third-order valence-corrected chi connectivity index (χ3v) is 1.97. The molecule has 11 heavy (non-hydrogen) atoms. The summed E-state index contributed by atoms with van der Waals surface area (Å²) in [6, 6.07) is 0. The Morgan fingerprint density at radius 1 is 1.27 bits per heavy atom. The molecule has 1 nitrogen and oxygen atoms in total. The third kappa shape index (κ3) is 5.01. The van der Waals surface area contributed by atoms with Crippen LogP contribution in [0.2, 0.25) is 0 Å². The molecule has 0 unspecified atom stereocenters. The number of carbonyl (C=O) groups is 1. The van der Waals surface area contributed by atoms with Crippen LogP contribution in [0.15, 0.2) is 0 Å². The summed E-state index contributed by atoms with van der Waals surface area (Å²) in [6.07, 6.45) is -1.22. The van der Waals surface area contributed by atoms with Gasteiger partial charge in [-0.1, -0.05) is 23.2 Å². The zero-order chi connectivity index (χ0) is 9.28. The molecule has 0 radical (unpaired) electrons. The molecular formula is C4H2Cl4F2O. The van der Waals surface area contributed by atoms with Crippen molar-refractivity contribution in [2.45, 2.75) is 16.1 Å². The first-order valence-corrected chi connectivity index (χ1v) is 3.81. The van der Waals surface area contributed by atoms with E-state index in [1.807, 2.05) is 0 Å². The molecule has 66 valence electrons. The van der Waals surface area contributed by atoms with Crippen LogP contribution in [-0.2, 0) is 4.79 Å². The molecule has 0 saturated carbocycles. The highest BCUT2D eigenvalue weighted by Crippen LogP contribution is 2.38. The van der Waals surface area contributed by atoms with Gasteiger partial charge in [-0.25, -0.2) is 0 Å². The van der Waals surface area contributed by atoms with Gasteiger partial charge in [0.1, 0.15) is 0 Å².